The van der Waals surface area contributed by atoms with E-state index in [9.17, 15) is 5.11 Å². The minimum Gasteiger partial charge on any atom is -0.508 e. The highest BCUT2D eigenvalue weighted by Gasteiger charge is 2.17. The molecule has 20 heavy (non-hydrogen) atoms. The van der Waals surface area contributed by atoms with Crippen molar-refractivity contribution in [3.8, 4) is 11.5 Å². The Hall–Kier alpha value is -1.30. The number of hydrogen-bond acceptors (Lipinski definition) is 5. The molecule has 0 unspecified atom stereocenters. The number of nitrogens with zero attached hydrogens (tertiary/aromatic N) is 2. The molecule has 0 atom stereocenters. The molecule has 2 rings (SSSR count). The molecule has 0 saturated carbocycles. The van der Waals surface area contributed by atoms with Gasteiger partial charge in [0.15, 0.2) is 0 Å². The zero-order valence-electron chi connectivity index (χ0n) is 12.1. The first-order valence-electron chi connectivity index (χ1n) is 7.23. The molecule has 0 aromatic heterocycles. The summed E-state index contributed by atoms with van der Waals surface area (Å²) in [5, 5.41) is 18.9. The minimum absolute atomic E-state index is 0.219. The average molecular weight is 280 g/mol. The highest BCUT2D eigenvalue weighted by atomic mass is 16.5. The molecule has 1 aromatic carbocycles. The highest BCUT2D eigenvalue weighted by Crippen LogP contribution is 2.24. The normalized spacial score (nSPS) is 17.3. The standard InChI is InChI=1S/C15H24N2O3/c1-2-20-14-3-4-15(19)13(11-14)12-17-7-5-16(6-8-17)9-10-18/h3-4,11,18-19H,2,5-10,12H2,1H3. The number of aliphatic hydroxyl groups is 1. The van der Waals surface area contributed by atoms with Crippen molar-refractivity contribution in [3.05, 3.63) is 23.8 Å². The maximum absolute atomic E-state index is 9.94. The van der Waals surface area contributed by atoms with Crippen LogP contribution in [0.1, 0.15) is 12.5 Å². The lowest BCUT2D eigenvalue weighted by atomic mass is 10.1. The van der Waals surface area contributed by atoms with Gasteiger partial charge in [-0.3, -0.25) is 9.80 Å². The maximum Gasteiger partial charge on any atom is 0.120 e. The van der Waals surface area contributed by atoms with E-state index in [4.69, 9.17) is 9.84 Å². The molecule has 2 N–H and O–H groups in total. The van der Waals surface area contributed by atoms with Crippen LogP contribution in [0.25, 0.3) is 0 Å². The Bertz CT molecular complexity index is 418. The van der Waals surface area contributed by atoms with Crippen LogP contribution < -0.4 is 4.74 Å². The fourth-order valence-corrected chi connectivity index (χ4v) is 2.50. The molecule has 1 fully saturated rings. The number of hydrogen-bond donors (Lipinski definition) is 2. The molecule has 1 aliphatic heterocycles. The summed E-state index contributed by atoms with van der Waals surface area (Å²) in [4.78, 5) is 4.58. The van der Waals surface area contributed by atoms with Crippen molar-refractivity contribution in [2.24, 2.45) is 0 Å². The first-order chi connectivity index (χ1) is 9.72. The van der Waals surface area contributed by atoms with E-state index in [0.717, 1.165) is 50.6 Å². The fourth-order valence-electron chi connectivity index (χ4n) is 2.50. The molecular weight excluding hydrogens is 256 g/mol. The largest absolute Gasteiger partial charge is 0.508 e. The Morgan fingerprint density at radius 2 is 1.85 bits per heavy atom. The van der Waals surface area contributed by atoms with E-state index in [-0.39, 0.29) is 6.61 Å². The van der Waals surface area contributed by atoms with Crippen LogP contribution in [0.15, 0.2) is 18.2 Å². The Morgan fingerprint density at radius 1 is 1.15 bits per heavy atom. The van der Waals surface area contributed by atoms with E-state index in [1.54, 1.807) is 12.1 Å². The smallest absolute Gasteiger partial charge is 0.120 e. The molecule has 1 aliphatic rings. The third-order valence-electron chi connectivity index (χ3n) is 3.64. The predicted molar refractivity (Wildman–Crippen MR) is 78.1 cm³/mol. The molecule has 112 valence electrons. The molecule has 0 bridgehead atoms. The number of phenolic OH excluding ortho intramolecular Hbond substituents is 1. The van der Waals surface area contributed by atoms with Gasteiger partial charge in [0.05, 0.1) is 13.2 Å². The lowest BCUT2D eigenvalue weighted by molar-refractivity contribution is 0.108. The molecule has 1 saturated heterocycles. The second-order valence-electron chi connectivity index (χ2n) is 5.06. The van der Waals surface area contributed by atoms with Crippen molar-refractivity contribution < 1.29 is 14.9 Å². The molecule has 1 heterocycles. The van der Waals surface area contributed by atoms with Crippen LogP contribution in [0, 0.1) is 0 Å². The van der Waals surface area contributed by atoms with E-state index in [1.807, 2.05) is 13.0 Å². The SMILES string of the molecule is CCOc1ccc(O)c(CN2CCN(CCO)CC2)c1. The van der Waals surface area contributed by atoms with Gasteiger partial charge in [-0.2, -0.15) is 0 Å². The number of rotatable bonds is 6. The Morgan fingerprint density at radius 3 is 2.50 bits per heavy atom. The first kappa shape index (κ1) is 15.1. The summed E-state index contributed by atoms with van der Waals surface area (Å²) >= 11 is 0. The van der Waals surface area contributed by atoms with Gasteiger partial charge < -0.3 is 14.9 Å². The topological polar surface area (TPSA) is 56.2 Å². The molecule has 0 amide bonds. The number of aliphatic hydroxyl groups excluding tert-OH is 1. The van der Waals surface area contributed by atoms with Gasteiger partial charge >= 0.3 is 0 Å². The fraction of sp³-hybridized carbons (Fsp3) is 0.600. The summed E-state index contributed by atoms with van der Waals surface area (Å²) in [7, 11) is 0. The van der Waals surface area contributed by atoms with Crippen molar-refractivity contribution in [1.29, 1.82) is 0 Å². The molecule has 5 nitrogen and oxygen atoms in total. The minimum atomic E-state index is 0.219. The predicted octanol–water partition coefficient (Wildman–Crippen LogP) is 0.901. The number of β-amino-alcohol motifs (C(OH)–C–C–N with tert-alkyl or cyclic N) is 1. The quantitative estimate of drug-likeness (QED) is 0.811. The van der Waals surface area contributed by atoms with Crippen molar-refractivity contribution in [2.45, 2.75) is 13.5 Å². The molecule has 1 aromatic rings. The third-order valence-corrected chi connectivity index (χ3v) is 3.64. The van der Waals surface area contributed by atoms with Crippen molar-refractivity contribution in [3.63, 3.8) is 0 Å². The van der Waals surface area contributed by atoms with Gasteiger partial charge in [0.25, 0.3) is 0 Å². The highest BCUT2D eigenvalue weighted by molar-refractivity contribution is 5.39. The summed E-state index contributed by atoms with van der Waals surface area (Å²) in [5.41, 5.74) is 0.909. The van der Waals surface area contributed by atoms with Crippen LogP contribution in [0.2, 0.25) is 0 Å². The first-order valence-corrected chi connectivity index (χ1v) is 7.23. The van der Waals surface area contributed by atoms with Crippen LogP contribution in [0.5, 0.6) is 11.5 Å². The lowest BCUT2D eigenvalue weighted by Gasteiger charge is -2.34. The van der Waals surface area contributed by atoms with Gasteiger partial charge in [-0.25, -0.2) is 0 Å². The average Bonchev–Trinajstić information content (AvgIpc) is 2.45. The van der Waals surface area contributed by atoms with Gasteiger partial charge in [-0.15, -0.1) is 0 Å². The molecule has 5 heteroatoms. The Balaban J connectivity index is 1.92. The van der Waals surface area contributed by atoms with Crippen molar-refractivity contribution in [1.82, 2.24) is 9.80 Å². The van der Waals surface area contributed by atoms with Crippen LogP contribution in [0.3, 0.4) is 0 Å². The van der Waals surface area contributed by atoms with E-state index in [0.29, 0.717) is 12.4 Å². The summed E-state index contributed by atoms with van der Waals surface area (Å²) in [6.45, 7) is 8.13. The molecular formula is C15H24N2O3. The maximum atomic E-state index is 9.94. The number of aromatic hydroxyl groups is 1. The lowest BCUT2D eigenvalue weighted by Crippen LogP contribution is -2.46. The summed E-state index contributed by atoms with van der Waals surface area (Å²) < 4.78 is 5.47. The van der Waals surface area contributed by atoms with Gasteiger partial charge in [0.2, 0.25) is 0 Å². The summed E-state index contributed by atoms with van der Waals surface area (Å²) in [5.74, 6) is 1.13. The second kappa shape index (κ2) is 7.47. The number of piperazine rings is 1. The van der Waals surface area contributed by atoms with Crippen molar-refractivity contribution >= 4 is 0 Å². The summed E-state index contributed by atoms with van der Waals surface area (Å²) in [6.07, 6.45) is 0. The number of ether oxygens (including phenoxy) is 1. The number of benzene rings is 1. The van der Waals surface area contributed by atoms with E-state index in [2.05, 4.69) is 9.80 Å². The van der Waals surface area contributed by atoms with Crippen LogP contribution in [0.4, 0.5) is 0 Å². The molecule has 0 radical (unpaired) electrons. The van der Waals surface area contributed by atoms with Gasteiger partial charge in [-0.1, -0.05) is 0 Å². The zero-order chi connectivity index (χ0) is 14.4. The molecule has 0 aliphatic carbocycles. The van der Waals surface area contributed by atoms with Gasteiger partial charge in [0, 0.05) is 44.8 Å². The van der Waals surface area contributed by atoms with E-state index in [1.165, 1.54) is 0 Å². The van der Waals surface area contributed by atoms with Crippen LogP contribution in [-0.4, -0.2) is 66.0 Å². The van der Waals surface area contributed by atoms with E-state index < -0.39 is 0 Å². The van der Waals surface area contributed by atoms with Crippen LogP contribution in [-0.2, 0) is 6.54 Å². The third kappa shape index (κ3) is 4.10. The van der Waals surface area contributed by atoms with E-state index >= 15 is 0 Å². The van der Waals surface area contributed by atoms with Crippen LogP contribution >= 0.6 is 0 Å². The monoisotopic (exact) mass is 280 g/mol. The van der Waals surface area contributed by atoms with Gasteiger partial charge in [-0.05, 0) is 25.1 Å². The van der Waals surface area contributed by atoms with Gasteiger partial charge in [0.1, 0.15) is 11.5 Å². The van der Waals surface area contributed by atoms with Crippen molar-refractivity contribution in [2.75, 3.05) is 45.9 Å². The Kier molecular flexibility index (Phi) is 5.64. The summed E-state index contributed by atoms with van der Waals surface area (Å²) in [6, 6.07) is 5.41. The zero-order valence-corrected chi connectivity index (χ0v) is 12.1. The molecule has 0 spiro atoms. The second-order valence-corrected chi connectivity index (χ2v) is 5.06. The Labute approximate surface area is 120 Å². The number of phenols is 1.